The van der Waals surface area contributed by atoms with Crippen molar-refractivity contribution in [2.24, 2.45) is 0 Å². The minimum Gasteiger partial charge on any atom is -0.385 e. The first-order valence-corrected chi connectivity index (χ1v) is 5.28. The molecule has 0 saturated carbocycles. The Balaban J connectivity index is 1.72. The molecule has 0 aliphatic heterocycles. The molecular formula is C11H15N5. The normalized spacial score (nSPS) is 10.2. The highest BCUT2D eigenvalue weighted by atomic mass is 14.9. The van der Waals surface area contributed by atoms with E-state index < -0.39 is 0 Å². The number of aromatic nitrogens is 3. The average Bonchev–Trinajstić information content (AvgIpc) is 2.77. The maximum absolute atomic E-state index is 5.57. The molecule has 0 fully saturated rings. The lowest BCUT2D eigenvalue weighted by atomic mass is 10.3. The third kappa shape index (κ3) is 2.98. The fourth-order valence-electron chi connectivity index (χ4n) is 1.48. The highest BCUT2D eigenvalue weighted by Crippen LogP contribution is 2.08. The molecule has 0 amide bonds. The third-order valence-corrected chi connectivity index (χ3v) is 2.26. The summed E-state index contributed by atoms with van der Waals surface area (Å²) in [5.74, 6) is 1.56. The number of pyridine rings is 1. The number of hydrogen-bond donors (Lipinski definition) is 3. The minimum absolute atomic E-state index is 0.538. The van der Waals surface area contributed by atoms with E-state index in [9.17, 15) is 0 Å². The molecule has 2 aromatic heterocycles. The van der Waals surface area contributed by atoms with E-state index in [0.29, 0.717) is 5.82 Å². The molecule has 4 N–H and O–H groups in total. The molecule has 0 unspecified atom stereocenters. The molecule has 0 radical (unpaired) electrons. The number of H-pyrrole nitrogens is 1. The first kappa shape index (κ1) is 10.5. The summed E-state index contributed by atoms with van der Waals surface area (Å²) in [5.41, 5.74) is 6.58. The van der Waals surface area contributed by atoms with E-state index in [-0.39, 0.29) is 0 Å². The maximum atomic E-state index is 5.57. The van der Waals surface area contributed by atoms with E-state index in [2.05, 4.69) is 20.3 Å². The first-order chi connectivity index (χ1) is 7.84. The number of aromatic amines is 1. The van der Waals surface area contributed by atoms with E-state index in [1.54, 1.807) is 12.4 Å². The van der Waals surface area contributed by atoms with Crippen molar-refractivity contribution in [3.63, 3.8) is 0 Å². The van der Waals surface area contributed by atoms with Crippen LogP contribution in [0.1, 0.15) is 12.2 Å². The molecule has 5 heteroatoms. The molecule has 2 heterocycles. The van der Waals surface area contributed by atoms with Crippen LogP contribution < -0.4 is 11.1 Å². The van der Waals surface area contributed by atoms with Crippen LogP contribution in [0.15, 0.2) is 30.7 Å². The molecule has 0 spiro atoms. The number of rotatable bonds is 5. The zero-order valence-electron chi connectivity index (χ0n) is 8.98. The first-order valence-electron chi connectivity index (χ1n) is 5.28. The molecule has 0 aliphatic carbocycles. The number of nitrogen functional groups attached to an aromatic ring is 1. The van der Waals surface area contributed by atoms with Gasteiger partial charge in [-0.05, 0) is 12.5 Å². The molecule has 0 aromatic carbocycles. The number of nitrogens with zero attached hydrogens (tertiary/aromatic N) is 2. The summed E-state index contributed by atoms with van der Waals surface area (Å²) in [7, 11) is 0. The van der Waals surface area contributed by atoms with E-state index in [0.717, 1.165) is 30.9 Å². The fourth-order valence-corrected chi connectivity index (χ4v) is 1.48. The Hall–Kier alpha value is -2.04. The van der Waals surface area contributed by atoms with Gasteiger partial charge in [-0.3, -0.25) is 0 Å². The van der Waals surface area contributed by atoms with Crippen LogP contribution in [0.5, 0.6) is 0 Å². The van der Waals surface area contributed by atoms with Crippen LogP contribution in [0, 0.1) is 0 Å². The largest absolute Gasteiger partial charge is 0.385 e. The van der Waals surface area contributed by atoms with Gasteiger partial charge < -0.3 is 16.0 Å². The van der Waals surface area contributed by atoms with Gasteiger partial charge in [0.25, 0.3) is 0 Å². The summed E-state index contributed by atoms with van der Waals surface area (Å²) in [6, 6.07) is 3.73. The molecule has 16 heavy (non-hydrogen) atoms. The molecule has 5 nitrogen and oxygen atoms in total. The van der Waals surface area contributed by atoms with Gasteiger partial charge in [-0.25, -0.2) is 9.97 Å². The third-order valence-electron chi connectivity index (χ3n) is 2.26. The van der Waals surface area contributed by atoms with Crippen molar-refractivity contribution < 1.29 is 0 Å². The van der Waals surface area contributed by atoms with Gasteiger partial charge in [-0.1, -0.05) is 0 Å². The smallest absolute Gasteiger partial charge is 0.125 e. The van der Waals surface area contributed by atoms with Crippen molar-refractivity contribution in [1.82, 2.24) is 15.0 Å². The molecule has 2 rings (SSSR count). The monoisotopic (exact) mass is 217 g/mol. The highest BCUT2D eigenvalue weighted by molar-refractivity contribution is 5.49. The molecule has 0 atom stereocenters. The van der Waals surface area contributed by atoms with Crippen molar-refractivity contribution in [2.75, 3.05) is 17.6 Å². The Morgan fingerprint density at radius 1 is 1.31 bits per heavy atom. The van der Waals surface area contributed by atoms with E-state index in [1.165, 1.54) is 0 Å². The Morgan fingerprint density at radius 2 is 2.25 bits per heavy atom. The SMILES string of the molecule is Nc1cc(NCCCc2ncc[nH]2)ccn1. The predicted molar refractivity (Wildman–Crippen MR) is 64.0 cm³/mol. The number of aryl methyl sites for hydroxylation is 1. The molecule has 0 aliphatic rings. The maximum Gasteiger partial charge on any atom is 0.125 e. The molecule has 2 aromatic rings. The van der Waals surface area contributed by atoms with Gasteiger partial charge >= 0.3 is 0 Å². The van der Waals surface area contributed by atoms with Gasteiger partial charge in [0.2, 0.25) is 0 Å². The number of nitrogens with two attached hydrogens (primary N) is 1. The Labute approximate surface area is 94.1 Å². The minimum atomic E-state index is 0.538. The molecular weight excluding hydrogens is 202 g/mol. The standard InChI is InChI=1S/C11H15N5/c12-10-8-9(3-5-14-10)13-4-1-2-11-15-6-7-16-11/h3,5-8H,1-2,4H2,(H,15,16)(H3,12,13,14). The number of imidazole rings is 1. The second-order valence-electron chi connectivity index (χ2n) is 3.54. The lowest BCUT2D eigenvalue weighted by Crippen LogP contribution is -2.04. The Morgan fingerprint density at radius 3 is 3.00 bits per heavy atom. The topological polar surface area (TPSA) is 79.6 Å². The van der Waals surface area contributed by atoms with Crippen LogP contribution in [-0.4, -0.2) is 21.5 Å². The number of nitrogens with one attached hydrogen (secondary N) is 2. The zero-order chi connectivity index (χ0) is 11.2. The van der Waals surface area contributed by atoms with Crippen LogP contribution >= 0.6 is 0 Å². The van der Waals surface area contributed by atoms with Crippen molar-refractivity contribution in [3.05, 3.63) is 36.5 Å². The van der Waals surface area contributed by atoms with Gasteiger partial charge in [0.15, 0.2) is 0 Å². The van der Waals surface area contributed by atoms with Gasteiger partial charge in [-0.2, -0.15) is 0 Å². The lowest BCUT2D eigenvalue weighted by molar-refractivity contribution is 0.816. The van der Waals surface area contributed by atoms with Crippen LogP contribution in [0.25, 0.3) is 0 Å². The van der Waals surface area contributed by atoms with Crippen LogP contribution in [0.2, 0.25) is 0 Å². The molecule has 84 valence electrons. The van der Waals surface area contributed by atoms with E-state index in [4.69, 9.17) is 5.73 Å². The second kappa shape index (κ2) is 5.16. The van der Waals surface area contributed by atoms with Crippen molar-refractivity contribution in [2.45, 2.75) is 12.8 Å². The molecule has 0 saturated heterocycles. The van der Waals surface area contributed by atoms with Crippen molar-refractivity contribution in [1.29, 1.82) is 0 Å². The number of anilines is 2. The van der Waals surface area contributed by atoms with E-state index >= 15 is 0 Å². The van der Waals surface area contributed by atoms with Gasteiger partial charge in [0, 0.05) is 43.3 Å². The zero-order valence-corrected chi connectivity index (χ0v) is 8.98. The van der Waals surface area contributed by atoms with E-state index in [1.807, 2.05) is 18.3 Å². The number of hydrogen-bond acceptors (Lipinski definition) is 4. The van der Waals surface area contributed by atoms with Gasteiger partial charge in [0.1, 0.15) is 11.6 Å². The Kier molecular flexibility index (Phi) is 3.38. The van der Waals surface area contributed by atoms with Gasteiger partial charge in [0.05, 0.1) is 0 Å². The highest BCUT2D eigenvalue weighted by Gasteiger charge is 1.96. The summed E-state index contributed by atoms with van der Waals surface area (Å²) in [5, 5.41) is 3.29. The van der Waals surface area contributed by atoms with Crippen molar-refractivity contribution >= 4 is 11.5 Å². The van der Waals surface area contributed by atoms with Crippen LogP contribution in [0.4, 0.5) is 11.5 Å². The second-order valence-corrected chi connectivity index (χ2v) is 3.54. The summed E-state index contributed by atoms with van der Waals surface area (Å²) in [6.45, 7) is 0.893. The Bertz CT molecular complexity index is 424. The summed E-state index contributed by atoms with van der Waals surface area (Å²) in [4.78, 5) is 11.2. The van der Waals surface area contributed by atoms with Crippen LogP contribution in [0.3, 0.4) is 0 Å². The summed E-state index contributed by atoms with van der Waals surface area (Å²) < 4.78 is 0. The lowest BCUT2D eigenvalue weighted by Gasteiger charge is -2.05. The van der Waals surface area contributed by atoms with Gasteiger partial charge in [-0.15, -0.1) is 0 Å². The van der Waals surface area contributed by atoms with Crippen LogP contribution in [-0.2, 0) is 6.42 Å². The van der Waals surface area contributed by atoms with Crippen molar-refractivity contribution in [3.8, 4) is 0 Å². The molecule has 0 bridgehead atoms. The predicted octanol–water partition coefficient (Wildman–Crippen LogP) is 1.43. The average molecular weight is 217 g/mol. The quantitative estimate of drug-likeness (QED) is 0.662. The summed E-state index contributed by atoms with van der Waals surface area (Å²) >= 11 is 0. The summed E-state index contributed by atoms with van der Waals surface area (Å²) in [6.07, 6.45) is 7.28. The fraction of sp³-hybridized carbons (Fsp3) is 0.273.